The quantitative estimate of drug-likeness (QED) is 0.748. The molecule has 0 aliphatic heterocycles. The lowest BCUT2D eigenvalue weighted by Gasteiger charge is -2.08. The number of nitriles is 1. The van der Waals surface area contributed by atoms with Crippen molar-refractivity contribution in [2.24, 2.45) is 0 Å². The molecule has 0 radical (unpaired) electrons. The zero-order valence-corrected chi connectivity index (χ0v) is 14.4. The molecule has 0 saturated heterocycles. The number of hydrogen-bond acceptors (Lipinski definition) is 5. The molecule has 0 unspecified atom stereocenters. The fraction of sp³-hybridized carbons (Fsp3) is 0.100. The van der Waals surface area contributed by atoms with E-state index in [2.05, 4.69) is 20.6 Å². The molecule has 0 bridgehead atoms. The summed E-state index contributed by atoms with van der Waals surface area (Å²) in [4.78, 5) is 21.0. The molecule has 0 atom stereocenters. The first-order valence-corrected chi connectivity index (χ1v) is 8.04. The van der Waals surface area contributed by atoms with E-state index in [1.807, 2.05) is 26.0 Å². The number of hydrogen-bond donors (Lipinski definition) is 2. The van der Waals surface area contributed by atoms with Crippen LogP contribution in [-0.4, -0.2) is 15.9 Å². The second-order valence-corrected chi connectivity index (χ2v) is 5.82. The topological polar surface area (TPSA) is 90.7 Å². The monoisotopic (exact) mass is 343 g/mol. The number of aryl methyl sites for hydroxylation is 2. The molecule has 6 heteroatoms. The average Bonchev–Trinajstić information content (AvgIpc) is 2.62. The van der Waals surface area contributed by atoms with Gasteiger partial charge in [-0.3, -0.25) is 4.79 Å². The summed E-state index contributed by atoms with van der Waals surface area (Å²) in [7, 11) is 0. The molecule has 2 aromatic carbocycles. The van der Waals surface area contributed by atoms with Gasteiger partial charge in [0.05, 0.1) is 11.6 Å². The van der Waals surface area contributed by atoms with Gasteiger partial charge < -0.3 is 10.6 Å². The second-order valence-electron chi connectivity index (χ2n) is 5.82. The maximum absolute atomic E-state index is 12.3. The Labute approximate surface area is 151 Å². The lowest BCUT2D eigenvalue weighted by molar-refractivity contribution is 0.102. The normalized spacial score (nSPS) is 10.0. The van der Waals surface area contributed by atoms with Crippen LogP contribution in [0, 0.1) is 25.2 Å². The van der Waals surface area contributed by atoms with Crippen LogP contribution >= 0.6 is 0 Å². The van der Waals surface area contributed by atoms with Crippen molar-refractivity contribution >= 4 is 23.2 Å². The van der Waals surface area contributed by atoms with Crippen LogP contribution in [0.1, 0.15) is 27.3 Å². The number of anilines is 3. The van der Waals surface area contributed by atoms with Gasteiger partial charge in [0.15, 0.2) is 0 Å². The molecule has 0 spiro atoms. The summed E-state index contributed by atoms with van der Waals surface area (Å²) in [6.07, 6.45) is 0. The number of aromatic nitrogens is 2. The molecule has 1 amide bonds. The number of nitrogens with one attached hydrogen (secondary N) is 2. The fourth-order valence-electron chi connectivity index (χ4n) is 2.45. The zero-order chi connectivity index (χ0) is 18.5. The number of amides is 1. The average molecular weight is 343 g/mol. The van der Waals surface area contributed by atoms with Gasteiger partial charge in [-0.2, -0.15) is 5.26 Å². The first kappa shape index (κ1) is 17.1. The van der Waals surface area contributed by atoms with E-state index >= 15 is 0 Å². The van der Waals surface area contributed by atoms with Gasteiger partial charge in [-0.15, -0.1) is 0 Å². The van der Waals surface area contributed by atoms with Crippen molar-refractivity contribution in [2.75, 3.05) is 10.6 Å². The van der Waals surface area contributed by atoms with Crippen molar-refractivity contribution in [3.8, 4) is 6.07 Å². The smallest absolute Gasteiger partial charge is 0.255 e. The van der Waals surface area contributed by atoms with E-state index in [9.17, 15) is 4.79 Å². The molecule has 6 nitrogen and oxygen atoms in total. The molecular formula is C20H17N5O. The lowest BCUT2D eigenvalue weighted by Crippen LogP contribution is -2.11. The Morgan fingerprint density at radius 2 is 1.50 bits per heavy atom. The molecule has 0 saturated carbocycles. The Bertz CT molecular complexity index is 952. The van der Waals surface area contributed by atoms with Crippen molar-refractivity contribution < 1.29 is 4.79 Å². The van der Waals surface area contributed by atoms with Crippen LogP contribution < -0.4 is 10.6 Å². The third-order valence-electron chi connectivity index (χ3n) is 3.66. The van der Waals surface area contributed by atoms with Crippen molar-refractivity contribution in [1.29, 1.82) is 5.26 Å². The van der Waals surface area contributed by atoms with Gasteiger partial charge in [0.1, 0.15) is 0 Å². The molecule has 3 rings (SSSR count). The summed E-state index contributed by atoms with van der Waals surface area (Å²) in [5.41, 5.74) is 4.29. The van der Waals surface area contributed by atoms with E-state index in [0.29, 0.717) is 22.8 Å². The molecule has 1 heterocycles. The predicted molar refractivity (Wildman–Crippen MR) is 100 cm³/mol. The number of benzene rings is 2. The van der Waals surface area contributed by atoms with Crippen LogP contribution in [0.15, 0.2) is 54.6 Å². The van der Waals surface area contributed by atoms with E-state index in [4.69, 9.17) is 5.26 Å². The molecule has 0 aliphatic rings. The molecule has 1 aromatic heterocycles. The maximum Gasteiger partial charge on any atom is 0.255 e. The van der Waals surface area contributed by atoms with Gasteiger partial charge >= 0.3 is 0 Å². The number of carbonyl (C=O) groups excluding carboxylic acids is 1. The van der Waals surface area contributed by atoms with Crippen molar-refractivity contribution in [1.82, 2.24) is 9.97 Å². The van der Waals surface area contributed by atoms with E-state index in [1.54, 1.807) is 48.5 Å². The molecule has 0 fully saturated rings. The number of rotatable bonds is 4. The minimum absolute atomic E-state index is 0.219. The lowest BCUT2D eigenvalue weighted by atomic mass is 10.1. The Morgan fingerprint density at radius 3 is 2.08 bits per heavy atom. The highest BCUT2D eigenvalue weighted by molar-refractivity contribution is 6.04. The van der Waals surface area contributed by atoms with E-state index in [1.165, 1.54) is 0 Å². The Balaban J connectivity index is 1.68. The number of carbonyl (C=O) groups is 1. The largest absolute Gasteiger partial charge is 0.324 e. The van der Waals surface area contributed by atoms with E-state index in [0.717, 1.165) is 17.1 Å². The van der Waals surface area contributed by atoms with Gasteiger partial charge in [-0.05, 0) is 68.4 Å². The molecule has 128 valence electrons. The minimum atomic E-state index is -0.219. The summed E-state index contributed by atoms with van der Waals surface area (Å²) in [6.45, 7) is 3.83. The van der Waals surface area contributed by atoms with Gasteiger partial charge in [-0.1, -0.05) is 0 Å². The summed E-state index contributed by atoms with van der Waals surface area (Å²) >= 11 is 0. The highest BCUT2D eigenvalue weighted by atomic mass is 16.1. The van der Waals surface area contributed by atoms with Gasteiger partial charge in [-0.25, -0.2) is 9.97 Å². The van der Waals surface area contributed by atoms with Crippen LogP contribution in [0.2, 0.25) is 0 Å². The standard InChI is InChI=1S/C20H17N5O/c1-13-11-14(2)23-20(22-13)25-18-9-5-16(6-10-18)19(26)24-17-7-3-15(12-21)4-8-17/h3-11H,1-2H3,(H,24,26)(H,22,23,25). The third kappa shape index (κ3) is 4.22. The van der Waals surface area contributed by atoms with Crippen LogP contribution in [0.5, 0.6) is 0 Å². The third-order valence-corrected chi connectivity index (χ3v) is 3.66. The van der Waals surface area contributed by atoms with Crippen molar-refractivity contribution in [3.63, 3.8) is 0 Å². The van der Waals surface area contributed by atoms with Gasteiger partial charge in [0.25, 0.3) is 5.91 Å². The van der Waals surface area contributed by atoms with Gasteiger partial charge in [0.2, 0.25) is 5.95 Å². The maximum atomic E-state index is 12.3. The van der Waals surface area contributed by atoms with Crippen LogP contribution in [0.4, 0.5) is 17.3 Å². The molecular weight excluding hydrogens is 326 g/mol. The summed E-state index contributed by atoms with van der Waals surface area (Å²) in [6, 6.07) is 17.7. The zero-order valence-electron chi connectivity index (χ0n) is 14.4. The van der Waals surface area contributed by atoms with Crippen molar-refractivity contribution in [3.05, 3.63) is 77.1 Å². The van der Waals surface area contributed by atoms with Crippen molar-refractivity contribution in [2.45, 2.75) is 13.8 Å². The van der Waals surface area contributed by atoms with Gasteiger partial charge in [0, 0.05) is 28.3 Å². The minimum Gasteiger partial charge on any atom is -0.324 e. The second kappa shape index (κ2) is 7.45. The Morgan fingerprint density at radius 1 is 0.923 bits per heavy atom. The van der Waals surface area contributed by atoms with Crippen LogP contribution in [0.25, 0.3) is 0 Å². The van der Waals surface area contributed by atoms with E-state index in [-0.39, 0.29) is 5.91 Å². The first-order chi connectivity index (χ1) is 12.5. The van der Waals surface area contributed by atoms with Crippen LogP contribution in [0.3, 0.4) is 0 Å². The molecule has 26 heavy (non-hydrogen) atoms. The van der Waals surface area contributed by atoms with E-state index < -0.39 is 0 Å². The predicted octanol–water partition coefficient (Wildman–Crippen LogP) is 3.96. The summed E-state index contributed by atoms with van der Waals surface area (Å²) in [5, 5.41) is 14.7. The number of nitrogens with zero attached hydrogens (tertiary/aromatic N) is 3. The SMILES string of the molecule is Cc1cc(C)nc(Nc2ccc(C(=O)Nc3ccc(C#N)cc3)cc2)n1. The molecule has 2 N–H and O–H groups in total. The summed E-state index contributed by atoms with van der Waals surface area (Å²) in [5.74, 6) is 0.307. The highest BCUT2D eigenvalue weighted by Crippen LogP contribution is 2.16. The first-order valence-electron chi connectivity index (χ1n) is 8.04. The van der Waals surface area contributed by atoms with Crippen LogP contribution in [-0.2, 0) is 0 Å². The summed E-state index contributed by atoms with van der Waals surface area (Å²) < 4.78 is 0. The highest BCUT2D eigenvalue weighted by Gasteiger charge is 2.07. The Hall–Kier alpha value is -3.72. The molecule has 3 aromatic rings. The molecule has 0 aliphatic carbocycles. The Kier molecular flexibility index (Phi) is 4.90. The fourth-order valence-corrected chi connectivity index (χ4v) is 2.45.